The van der Waals surface area contributed by atoms with Crippen molar-refractivity contribution in [2.24, 2.45) is 0 Å². The van der Waals surface area contributed by atoms with Crippen LogP contribution in [0.4, 0.5) is 4.39 Å². The van der Waals surface area contributed by atoms with Crippen LogP contribution >= 0.6 is 0 Å². The molecule has 0 saturated carbocycles. The molecule has 1 aromatic carbocycles. The molecule has 148 valence electrons. The van der Waals surface area contributed by atoms with Crippen LogP contribution < -0.4 is 5.32 Å². The zero-order chi connectivity index (χ0) is 20.6. The van der Waals surface area contributed by atoms with Crippen LogP contribution in [0, 0.1) is 12.9 Å². The lowest BCUT2D eigenvalue weighted by atomic mass is 10.0. The quantitative estimate of drug-likeness (QED) is 0.510. The van der Waals surface area contributed by atoms with Gasteiger partial charge in [-0.05, 0) is 49.4 Å². The SMILES string of the molecule is CNCc1cn(S(=O)(=O)c2cccnc2)c2cc(-c3cnc(F)c(C)c3)ccc12. The summed E-state index contributed by atoms with van der Waals surface area (Å²) in [6.07, 6.45) is 5.93. The summed E-state index contributed by atoms with van der Waals surface area (Å²) in [6.45, 7) is 2.16. The molecular weight excluding hydrogens is 391 g/mol. The highest BCUT2D eigenvalue weighted by Crippen LogP contribution is 2.30. The maximum Gasteiger partial charge on any atom is 0.269 e. The van der Waals surface area contributed by atoms with Gasteiger partial charge in [0.25, 0.3) is 10.0 Å². The molecule has 0 aliphatic rings. The molecule has 0 saturated heterocycles. The molecule has 4 aromatic rings. The van der Waals surface area contributed by atoms with Crippen LogP contribution in [0.25, 0.3) is 22.0 Å². The van der Waals surface area contributed by atoms with Crippen molar-refractivity contribution in [3.05, 3.63) is 78.3 Å². The smallest absolute Gasteiger partial charge is 0.269 e. The van der Waals surface area contributed by atoms with E-state index in [1.807, 2.05) is 12.1 Å². The van der Waals surface area contributed by atoms with Gasteiger partial charge in [-0.15, -0.1) is 0 Å². The van der Waals surface area contributed by atoms with Gasteiger partial charge in [0.2, 0.25) is 5.95 Å². The summed E-state index contributed by atoms with van der Waals surface area (Å²) in [5.74, 6) is -0.520. The number of aromatic nitrogens is 3. The topological polar surface area (TPSA) is 76.9 Å². The number of rotatable bonds is 5. The number of pyridine rings is 2. The Hall–Kier alpha value is -3.10. The Kier molecular flexibility index (Phi) is 4.89. The Morgan fingerprint density at radius 3 is 2.66 bits per heavy atom. The van der Waals surface area contributed by atoms with Crippen LogP contribution in [-0.4, -0.2) is 29.4 Å². The standard InChI is InChI=1S/C21H19FN4O2S/c1-14-8-16(11-25-21(14)22)15-5-6-19-17(10-23-2)13-26(20(19)9-15)29(27,28)18-4-3-7-24-12-18/h3-9,11-13,23H,10H2,1-2H3. The molecule has 29 heavy (non-hydrogen) atoms. The molecule has 0 aliphatic heterocycles. The van der Waals surface area contributed by atoms with Gasteiger partial charge >= 0.3 is 0 Å². The van der Waals surface area contributed by atoms with Gasteiger partial charge in [0.15, 0.2) is 0 Å². The molecule has 0 bridgehead atoms. The first-order valence-corrected chi connectivity index (χ1v) is 10.4. The monoisotopic (exact) mass is 410 g/mol. The number of aryl methyl sites for hydroxylation is 1. The van der Waals surface area contributed by atoms with Gasteiger partial charge in [0.05, 0.1) is 5.52 Å². The molecule has 4 rings (SSSR count). The van der Waals surface area contributed by atoms with E-state index in [2.05, 4.69) is 15.3 Å². The molecule has 6 nitrogen and oxygen atoms in total. The van der Waals surface area contributed by atoms with Crippen LogP contribution in [0.5, 0.6) is 0 Å². The molecule has 0 radical (unpaired) electrons. The van der Waals surface area contributed by atoms with Crippen LogP contribution in [-0.2, 0) is 16.6 Å². The van der Waals surface area contributed by atoms with E-state index < -0.39 is 16.0 Å². The van der Waals surface area contributed by atoms with E-state index in [0.29, 0.717) is 23.2 Å². The van der Waals surface area contributed by atoms with Crippen LogP contribution in [0.1, 0.15) is 11.1 Å². The van der Waals surface area contributed by atoms with E-state index in [1.165, 1.54) is 28.6 Å². The van der Waals surface area contributed by atoms with Crippen molar-refractivity contribution in [1.82, 2.24) is 19.3 Å². The third-order valence-electron chi connectivity index (χ3n) is 4.76. The Balaban J connectivity index is 1.95. The van der Waals surface area contributed by atoms with Gasteiger partial charge in [0.1, 0.15) is 4.90 Å². The highest BCUT2D eigenvalue weighted by molar-refractivity contribution is 7.90. The minimum atomic E-state index is -3.83. The van der Waals surface area contributed by atoms with Crippen molar-refractivity contribution in [3.8, 4) is 11.1 Å². The summed E-state index contributed by atoms with van der Waals surface area (Å²) in [7, 11) is -2.02. The van der Waals surface area contributed by atoms with Gasteiger partial charge in [-0.1, -0.05) is 12.1 Å². The minimum Gasteiger partial charge on any atom is -0.316 e. The van der Waals surface area contributed by atoms with Gasteiger partial charge in [-0.25, -0.2) is 17.4 Å². The van der Waals surface area contributed by atoms with Crippen LogP contribution in [0.3, 0.4) is 0 Å². The molecule has 0 amide bonds. The van der Waals surface area contributed by atoms with Crippen molar-refractivity contribution >= 4 is 20.9 Å². The second kappa shape index (κ2) is 7.38. The molecule has 0 atom stereocenters. The van der Waals surface area contributed by atoms with Gasteiger partial charge < -0.3 is 5.32 Å². The Morgan fingerprint density at radius 1 is 1.14 bits per heavy atom. The molecule has 8 heteroatoms. The second-order valence-electron chi connectivity index (χ2n) is 6.74. The predicted molar refractivity (Wildman–Crippen MR) is 109 cm³/mol. The number of hydrogen-bond donors (Lipinski definition) is 1. The predicted octanol–water partition coefficient (Wildman–Crippen LogP) is 3.50. The van der Waals surface area contributed by atoms with E-state index in [0.717, 1.165) is 16.5 Å². The number of nitrogens with one attached hydrogen (secondary N) is 1. The Labute approximate surface area is 168 Å². The van der Waals surface area contributed by atoms with E-state index in [1.54, 1.807) is 38.4 Å². The first-order chi connectivity index (χ1) is 13.9. The number of hydrogen-bond acceptors (Lipinski definition) is 5. The largest absolute Gasteiger partial charge is 0.316 e. The highest BCUT2D eigenvalue weighted by Gasteiger charge is 2.22. The lowest BCUT2D eigenvalue weighted by Gasteiger charge is -2.09. The van der Waals surface area contributed by atoms with Crippen molar-refractivity contribution in [2.75, 3.05) is 7.05 Å². The fourth-order valence-corrected chi connectivity index (χ4v) is 4.65. The summed E-state index contributed by atoms with van der Waals surface area (Å²) in [5, 5.41) is 3.89. The summed E-state index contributed by atoms with van der Waals surface area (Å²) >= 11 is 0. The molecule has 3 heterocycles. The van der Waals surface area contributed by atoms with Crippen LogP contribution in [0.2, 0.25) is 0 Å². The van der Waals surface area contributed by atoms with Crippen molar-refractivity contribution in [2.45, 2.75) is 18.4 Å². The fraction of sp³-hybridized carbons (Fsp3) is 0.143. The molecular formula is C21H19FN4O2S. The lowest BCUT2D eigenvalue weighted by molar-refractivity contribution is 0.575. The number of halogens is 1. The maximum absolute atomic E-state index is 13.6. The molecule has 0 fully saturated rings. The average Bonchev–Trinajstić information content (AvgIpc) is 3.09. The normalized spacial score (nSPS) is 11.8. The number of nitrogens with zero attached hydrogens (tertiary/aromatic N) is 3. The van der Waals surface area contributed by atoms with Crippen molar-refractivity contribution < 1.29 is 12.8 Å². The minimum absolute atomic E-state index is 0.109. The van der Waals surface area contributed by atoms with E-state index in [4.69, 9.17) is 0 Å². The second-order valence-corrected chi connectivity index (χ2v) is 8.55. The van der Waals surface area contributed by atoms with Gasteiger partial charge in [0, 0.05) is 47.8 Å². The first-order valence-electron chi connectivity index (χ1n) is 8.98. The molecule has 0 unspecified atom stereocenters. The van der Waals surface area contributed by atoms with Crippen molar-refractivity contribution in [3.63, 3.8) is 0 Å². The summed E-state index contributed by atoms with van der Waals surface area (Å²) < 4.78 is 41.3. The summed E-state index contributed by atoms with van der Waals surface area (Å²) in [6, 6.07) is 10.4. The van der Waals surface area contributed by atoms with E-state index in [9.17, 15) is 12.8 Å². The molecule has 1 N–H and O–H groups in total. The number of benzene rings is 1. The fourth-order valence-electron chi connectivity index (χ4n) is 3.31. The zero-order valence-electron chi connectivity index (χ0n) is 15.9. The Bertz CT molecular complexity index is 1300. The van der Waals surface area contributed by atoms with Crippen LogP contribution in [0.15, 0.2) is 66.1 Å². The van der Waals surface area contributed by atoms with E-state index >= 15 is 0 Å². The molecule has 0 aliphatic carbocycles. The first kappa shape index (κ1) is 19.2. The average molecular weight is 410 g/mol. The third-order valence-corrected chi connectivity index (χ3v) is 6.42. The lowest BCUT2D eigenvalue weighted by Crippen LogP contribution is -2.12. The van der Waals surface area contributed by atoms with Crippen molar-refractivity contribution in [1.29, 1.82) is 0 Å². The van der Waals surface area contributed by atoms with E-state index in [-0.39, 0.29) is 4.90 Å². The summed E-state index contributed by atoms with van der Waals surface area (Å²) in [4.78, 5) is 7.82. The van der Waals surface area contributed by atoms with Gasteiger partial charge in [-0.3, -0.25) is 4.98 Å². The Morgan fingerprint density at radius 2 is 1.97 bits per heavy atom. The van der Waals surface area contributed by atoms with Gasteiger partial charge in [-0.2, -0.15) is 4.39 Å². The number of fused-ring (bicyclic) bond motifs is 1. The zero-order valence-corrected chi connectivity index (χ0v) is 16.7. The highest BCUT2D eigenvalue weighted by atomic mass is 32.2. The molecule has 0 spiro atoms. The molecule has 3 aromatic heterocycles. The summed E-state index contributed by atoms with van der Waals surface area (Å²) in [5.41, 5.74) is 3.29. The third kappa shape index (κ3) is 3.41. The maximum atomic E-state index is 13.6.